The summed E-state index contributed by atoms with van der Waals surface area (Å²) in [7, 11) is 0. The van der Waals surface area contributed by atoms with E-state index in [0.29, 0.717) is 11.8 Å². The summed E-state index contributed by atoms with van der Waals surface area (Å²) in [4.78, 5) is 9.21. The van der Waals surface area contributed by atoms with Gasteiger partial charge in [0, 0.05) is 34.3 Å². The monoisotopic (exact) mass is 552 g/mol. The van der Waals surface area contributed by atoms with Crippen molar-refractivity contribution in [2.75, 3.05) is 0 Å². The molecule has 4 aromatic carbocycles. The van der Waals surface area contributed by atoms with Gasteiger partial charge in [-0.3, -0.25) is 0 Å². The molecule has 0 unspecified atom stereocenters. The third-order valence-electron chi connectivity index (χ3n) is 7.60. The Kier molecular flexibility index (Phi) is 6.94. The molecule has 2 heterocycles. The van der Waals surface area contributed by atoms with Crippen LogP contribution in [0.3, 0.4) is 0 Å². The Hall–Kier alpha value is -4.70. The Morgan fingerprint density at radius 3 is 1.29 bits per heavy atom. The summed E-state index contributed by atoms with van der Waals surface area (Å²) < 4.78 is 13.2. The van der Waals surface area contributed by atoms with Crippen molar-refractivity contribution < 1.29 is 9.47 Å². The molecule has 42 heavy (non-hydrogen) atoms. The smallest absolute Gasteiger partial charge is 0.227 e. The number of fused-ring (bicyclic) bond motifs is 2. The number of hydrogen-bond donors (Lipinski definition) is 0. The van der Waals surface area contributed by atoms with Gasteiger partial charge in [0.15, 0.2) is 0 Å². The van der Waals surface area contributed by atoms with Crippen LogP contribution in [-0.2, 0) is 10.8 Å². The molecule has 0 saturated heterocycles. The molecule has 0 atom stereocenters. The lowest BCUT2D eigenvalue weighted by atomic mass is 9.84. The zero-order chi connectivity index (χ0) is 29.5. The van der Waals surface area contributed by atoms with Crippen LogP contribution in [0.15, 0.2) is 109 Å². The highest BCUT2D eigenvalue weighted by Crippen LogP contribution is 2.42. The highest BCUT2D eigenvalue weighted by atomic mass is 16.5. The van der Waals surface area contributed by atoms with Crippen LogP contribution in [-0.4, -0.2) is 9.97 Å². The van der Waals surface area contributed by atoms with E-state index in [1.165, 1.54) is 0 Å². The number of aromatic nitrogens is 2. The SMILES string of the molecule is CC(C)(C)c1ccc(-c2ccc(C(C)(C)C)c(Oc3nccc4ccccc34)c2)cc1Oc1nccc2ccccc12. The second-order valence-corrected chi connectivity index (χ2v) is 12.8. The molecule has 0 bridgehead atoms. The molecule has 0 spiro atoms. The van der Waals surface area contributed by atoms with E-state index in [4.69, 9.17) is 9.47 Å². The van der Waals surface area contributed by atoms with Crippen molar-refractivity contribution in [1.29, 1.82) is 0 Å². The standard InChI is InChI=1S/C38H36N2O2/c1-37(2,3)31-17-15-27(23-33(31)41-35-29-13-9-7-11-25(29)19-21-39-35)28-16-18-32(38(4,5)6)34(24-28)42-36-30-14-10-8-12-26(30)20-22-40-36/h7-24H,1-6H3. The minimum atomic E-state index is -0.122. The first-order valence-corrected chi connectivity index (χ1v) is 14.4. The van der Waals surface area contributed by atoms with E-state index in [-0.39, 0.29) is 10.8 Å². The van der Waals surface area contributed by atoms with Gasteiger partial charge in [-0.25, -0.2) is 9.97 Å². The zero-order valence-corrected chi connectivity index (χ0v) is 25.1. The average Bonchev–Trinajstić information content (AvgIpc) is 2.96. The average molecular weight is 553 g/mol. The maximum absolute atomic E-state index is 6.61. The van der Waals surface area contributed by atoms with Crippen LogP contribution >= 0.6 is 0 Å². The van der Waals surface area contributed by atoms with Gasteiger partial charge in [0.05, 0.1) is 0 Å². The molecule has 4 nitrogen and oxygen atoms in total. The summed E-state index contributed by atoms with van der Waals surface area (Å²) in [5.74, 6) is 2.79. The van der Waals surface area contributed by atoms with Gasteiger partial charge in [-0.05, 0) is 69.1 Å². The molecule has 0 aliphatic heterocycles. The third kappa shape index (κ3) is 5.45. The van der Waals surface area contributed by atoms with Crippen molar-refractivity contribution in [2.24, 2.45) is 0 Å². The molecule has 0 radical (unpaired) electrons. The summed E-state index contributed by atoms with van der Waals surface area (Å²) >= 11 is 0. The van der Waals surface area contributed by atoms with Gasteiger partial charge in [0.2, 0.25) is 11.8 Å². The quantitative estimate of drug-likeness (QED) is 0.213. The summed E-state index contributed by atoms with van der Waals surface area (Å²) in [5, 5.41) is 4.16. The molecule has 2 aromatic heterocycles. The predicted octanol–water partition coefficient (Wildman–Crippen LogP) is 10.6. The number of ether oxygens (including phenoxy) is 2. The minimum absolute atomic E-state index is 0.122. The van der Waals surface area contributed by atoms with Crippen molar-refractivity contribution in [3.63, 3.8) is 0 Å². The molecule has 4 heteroatoms. The second kappa shape index (κ2) is 10.6. The zero-order valence-electron chi connectivity index (χ0n) is 25.1. The molecule has 0 fully saturated rings. The maximum atomic E-state index is 6.61. The second-order valence-electron chi connectivity index (χ2n) is 12.8. The van der Waals surface area contributed by atoms with Gasteiger partial charge in [-0.15, -0.1) is 0 Å². The van der Waals surface area contributed by atoms with Crippen LogP contribution in [0.1, 0.15) is 52.7 Å². The van der Waals surface area contributed by atoms with Gasteiger partial charge >= 0.3 is 0 Å². The van der Waals surface area contributed by atoms with Crippen molar-refractivity contribution >= 4 is 21.5 Å². The van der Waals surface area contributed by atoms with Crippen molar-refractivity contribution in [3.05, 3.63) is 121 Å². The first kappa shape index (κ1) is 27.5. The molecular weight excluding hydrogens is 516 g/mol. The molecule has 0 amide bonds. The lowest BCUT2D eigenvalue weighted by Gasteiger charge is -2.25. The molecule has 6 rings (SSSR count). The van der Waals surface area contributed by atoms with E-state index in [1.54, 1.807) is 12.4 Å². The van der Waals surface area contributed by atoms with Crippen LogP contribution in [0.2, 0.25) is 0 Å². The number of benzene rings is 4. The van der Waals surface area contributed by atoms with Crippen LogP contribution in [0.5, 0.6) is 23.3 Å². The van der Waals surface area contributed by atoms with E-state index >= 15 is 0 Å². The van der Waals surface area contributed by atoms with E-state index in [2.05, 4.69) is 112 Å². The molecule has 0 N–H and O–H groups in total. The normalized spacial score (nSPS) is 12.0. The van der Waals surface area contributed by atoms with Crippen LogP contribution in [0.25, 0.3) is 32.7 Å². The summed E-state index contributed by atoms with van der Waals surface area (Å²) in [6.07, 6.45) is 3.60. The largest absolute Gasteiger partial charge is 0.438 e. The molecule has 210 valence electrons. The van der Waals surface area contributed by atoms with Gasteiger partial charge < -0.3 is 9.47 Å². The Morgan fingerprint density at radius 1 is 0.476 bits per heavy atom. The maximum Gasteiger partial charge on any atom is 0.227 e. The third-order valence-corrected chi connectivity index (χ3v) is 7.60. The number of nitrogens with zero attached hydrogens (tertiary/aromatic N) is 2. The van der Waals surface area contributed by atoms with Gasteiger partial charge in [0.1, 0.15) is 11.5 Å². The van der Waals surface area contributed by atoms with Crippen molar-refractivity contribution in [2.45, 2.75) is 52.4 Å². The van der Waals surface area contributed by atoms with Crippen molar-refractivity contribution in [1.82, 2.24) is 9.97 Å². The minimum Gasteiger partial charge on any atom is -0.438 e. The van der Waals surface area contributed by atoms with Gasteiger partial charge in [-0.2, -0.15) is 0 Å². The topological polar surface area (TPSA) is 44.2 Å². The number of rotatable bonds is 5. The molecule has 0 aliphatic carbocycles. The van der Waals surface area contributed by atoms with Crippen LogP contribution in [0.4, 0.5) is 0 Å². The van der Waals surface area contributed by atoms with Gasteiger partial charge in [0.25, 0.3) is 0 Å². The van der Waals surface area contributed by atoms with E-state index in [1.807, 2.05) is 36.4 Å². The highest BCUT2D eigenvalue weighted by molar-refractivity contribution is 5.87. The number of hydrogen-bond acceptors (Lipinski definition) is 4. The summed E-state index contributed by atoms with van der Waals surface area (Å²) in [5.41, 5.74) is 4.06. The first-order chi connectivity index (χ1) is 20.1. The predicted molar refractivity (Wildman–Crippen MR) is 173 cm³/mol. The van der Waals surface area contributed by atoms with E-state index < -0.39 is 0 Å². The molecule has 0 aliphatic rings. The Bertz CT molecular complexity index is 1760. The summed E-state index contributed by atoms with van der Waals surface area (Å²) in [6, 6.07) is 33.3. The molecule has 6 aromatic rings. The lowest BCUT2D eigenvalue weighted by molar-refractivity contribution is 0.444. The van der Waals surface area contributed by atoms with E-state index in [9.17, 15) is 0 Å². The lowest BCUT2D eigenvalue weighted by Crippen LogP contribution is -2.13. The Balaban J connectivity index is 1.46. The number of pyridine rings is 2. The Labute approximate surface area is 248 Å². The van der Waals surface area contributed by atoms with Crippen LogP contribution < -0.4 is 9.47 Å². The van der Waals surface area contributed by atoms with E-state index in [0.717, 1.165) is 55.3 Å². The van der Waals surface area contributed by atoms with Gasteiger partial charge in [-0.1, -0.05) is 102 Å². The fourth-order valence-electron chi connectivity index (χ4n) is 5.37. The van der Waals surface area contributed by atoms with Crippen LogP contribution in [0, 0.1) is 0 Å². The highest BCUT2D eigenvalue weighted by Gasteiger charge is 2.23. The summed E-state index contributed by atoms with van der Waals surface area (Å²) in [6.45, 7) is 13.2. The van der Waals surface area contributed by atoms with Crippen molar-refractivity contribution in [3.8, 4) is 34.4 Å². The molecular formula is C38H36N2O2. The molecule has 0 saturated carbocycles. The Morgan fingerprint density at radius 2 is 0.881 bits per heavy atom. The fourth-order valence-corrected chi connectivity index (χ4v) is 5.37. The fraction of sp³-hybridized carbons (Fsp3) is 0.211. The first-order valence-electron chi connectivity index (χ1n) is 14.4.